The topological polar surface area (TPSA) is 0 Å². The molecule has 0 nitrogen and oxygen atoms in total. The van der Waals surface area contributed by atoms with Crippen molar-refractivity contribution in [2.24, 2.45) is 0 Å². The summed E-state index contributed by atoms with van der Waals surface area (Å²) in [5.74, 6) is 0. The number of benzene rings is 4. The predicted octanol–water partition coefficient (Wildman–Crippen LogP) is 7.77. The van der Waals surface area contributed by atoms with E-state index in [1.807, 2.05) is 80.8 Å². The van der Waals surface area contributed by atoms with Gasteiger partial charge in [0.05, 0.1) is 0 Å². The molecule has 4 rings (SSSR count). The second-order valence-electron chi connectivity index (χ2n) is 7.14. The molecule has 0 aliphatic heterocycles. The van der Waals surface area contributed by atoms with Gasteiger partial charge in [-0.1, -0.05) is 0 Å². The third-order valence-corrected chi connectivity index (χ3v) is 28.0. The number of thiocarbonyl (C=S) groups is 2. The summed E-state index contributed by atoms with van der Waals surface area (Å²) in [6, 6.07) is 36.8. The van der Waals surface area contributed by atoms with Crippen LogP contribution in [0.5, 0.6) is 0 Å². The first-order valence-corrected chi connectivity index (χ1v) is 20.5. The van der Waals surface area contributed by atoms with Crippen LogP contribution in [0.3, 0.4) is 0 Å². The average molecular weight is 602 g/mol. The fraction of sp³-hybridized carbons (Fsp3) is 0. The van der Waals surface area contributed by atoms with Crippen molar-refractivity contribution in [2.45, 2.75) is 0 Å². The summed E-state index contributed by atoms with van der Waals surface area (Å²) in [6.45, 7) is 0. The van der Waals surface area contributed by atoms with Gasteiger partial charge < -0.3 is 0 Å². The molecule has 0 spiro atoms. The first-order chi connectivity index (χ1) is 16.0. The summed E-state index contributed by atoms with van der Waals surface area (Å²) in [5, 5.41) is 1.40. The van der Waals surface area contributed by atoms with Crippen LogP contribution in [-0.2, 0) is 0 Å². The van der Waals surface area contributed by atoms with Gasteiger partial charge in [-0.25, -0.2) is 0 Å². The van der Waals surface area contributed by atoms with Gasteiger partial charge >= 0.3 is 226 Å². The second-order valence-corrected chi connectivity index (χ2v) is 25.9. The summed E-state index contributed by atoms with van der Waals surface area (Å²) < 4.78 is 4.30. The van der Waals surface area contributed by atoms with Gasteiger partial charge in [0.25, 0.3) is 0 Å². The van der Waals surface area contributed by atoms with Crippen LogP contribution in [0.15, 0.2) is 109 Å². The monoisotopic (exact) mass is 602 g/mol. The first-order valence-electron chi connectivity index (χ1n) is 10.1. The van der Waals surface area contributed by atoms with Crippen LogP contribution in [0.4, 0.5) is 0 Å². The van der Waals surface area contributed by atoms with Gasteiger partial charge in [-0.05, 0) is 0 Å². The predicted molar refractivity (Wildman–Crippen MR) is 159 cm³/mol. The van der Waals surface area contributed by atoms with Crippen molar-refractivity contribution in [3.63, 3.8) is 0 Å². The minimum absolute atomic E-state index is 0.698. The molecule has 0 saturated carbocycles. The van der Waals surface area contributed by atoms with E-state index in [-0.39, 0.29) is 0 Å². The van der Waals surface area contributed by atoms with Crippen molar-refractivity contribution >= 4 is 96.0 Å². The molecule has 0 aromatic heterocycles. The standard InChI is InChI=1S/C26H18Cl2GeS4/c27-21-15-11-19(12-16-21)25(30)32-29(23-7-3-1-4-8-23,24-9-5-2-6-10-24)33-26(31)20-13-17-22(28)18-14-20/h1-18H. The fourth-order valence-electron chi connectivity index (χ4n) is 3.29. The first kappa shape index (κ1) is 25.0. The Labute approximate surface area is 224 Å². The molecule has 0 aliphatic carbocycles. The Balaban J connectivity index is 1.83. The van der Waals surface area contributed by atoms with Gasteiger partial charge in [0.1, 0.15) is 0 Å². The maximum absolute atomic E-state index is 6.12. The Morgan fingerprint density at radius 3 is 1.18 bits per heavy atom. The summed E-state index contributed by atoms with van der Waals surface area (Å²) in [5.41, 5.74) is 2.00. The van der Waals surface area contributed by atoms with E-state index >= 15 is 0 Å². The van der Waals surface area contributed by atoms with E-state index in [0.717, 1.165) is 19.5 Å². The van der Waals surface area contributed by atoms with Crippen molar-refractivity contribution in [2.75, 3.05) is 0 Å². The van der Waals surface area contributed by atoms with E-state index in [0.29, 0.717) is 10.0 Å². The van der Waals surface area contributed by atoms with Gasteiger partial charge in [-0.15, -0.1) is 0 Å². The van der Waals surface area contributed by atoms with E-state index in [4.69, 9.17) is 47.6 Å². The third-order valence-electron chi connectivity index (χ3n) is 4.94. The zero-order valence-corrected chi connectivity index (χ0v) is 24.2. The molecule has 0 amide bonds. The summed E-state index contributed by atoms with van der Waals surface area (Å²) in [4.78, 5) is 0. The molecule has 0 bridgehead atoms. The number of hydrogen-bond acceptors (Lipinski definition) is 4. The van der Waals surface area contributed by atoms with E-state index in [1.54, 1.807) is 0 Å². The van der Waals surface area contributed by atoms with E-state index in [9.17, 15) is 0 Å². The molecular formula is C26H18Cl2GeS4. The molecule has 0 radical (unpaired) electrons. The van der Waals surface area contributed by atoms with Crippen LogP contribution >= 0.6 is 67.8 Å². The van der Waals surface area contributed by atoms with Crippen LogP contribution in [0.2, 0.25) is 10.0 Å². The zero-order chi connectivity index (χ0) is 23.3. The SMILES string of the molecule is S=C([S][Ge]([S]C(=S)c1ccc(Cl)cc1)([c]1ccccc1)[c]1ccccc1)c1ccc(Cl)cc1. The Morgan fingerprint density at radius 1 is 0.515 bits per heavy atom. The molecule has 164 valence electrons. The molecule has 0 aliphatic rings. The molecule has 4 aromatic rings. The van der Waals surface area contributed by atoms with Crippen molar-refractivity contribution < 1.29 is 0 Å². The zero-order valence-electron chi connectivity index (χ0n) is 17.3. The van der Waals surface area contributed by atoms with Crippen LogP contribution in [0.25, 0.3) is 0 Å². The molecule has 0 atom stereocenters. The average Bonchev–Trinajstić information content (AvgIpc) is 2.85. The van der Waals surface area contributed by atoms with Crippen LogP contribution in [0.1, 0.15) is 11.1 Å². The van der Waals surface area contributed by atoms with Crippen LogP contribution in [0, 0.1) is 0 Å². The van der Waals surface area contributed by atoms with Crippen LogP contribution in [-0.4, -0.2) is 19.4 Å². The quantitative estimate of drug-likeness (QED) is 0.163. The molecule has 0 heterocycles. The van der Waals surface area contributed by atoms with E-state index < -0.39 is 11.0 Å². The molecule has 0 saturated heterocycles. The van der Waals surface area contributed by atoms with Gasteiger partial charge in [-0.2, -0.15) is 0 Å². The van der Waals surface area contributed by atoms with Crippen LogP contribution < -0.4 is 8.79 Å². The Morgan fingerprint density at radius 2 is 0.848 bits per heavy atom. The van der Waals surface area contributed by atoms with Crippen molar-refractivity contribution in [3.8, 4) is 0 Å². The number of rotatable bonds is 6. The third kappa shape index (κ3) is 6.12. The summed E-state index contributed by atoms with van der Waals surface area (Å²) in [7, 11) is 0.338. The summed E-state index contributed by atoms with van der Waals surface area (Å²) >= 11 is 24.2. The van der Waals surface area contributed by atoms with Gasteiger partial charge in [0, 0.05) is 0 Å². The molecule has 0 N–H and O–H groups in total. The maximum atomic E-state index is 6.12. The second kappa shape index (κ2) is 11.5. The number of hydrogen-bond donors (Lipinski definition) is 0. The summed E-state index contributed by atoms with van der Waals surface area (Å²) in [6.07, 6.45) is 0. The minimum atomic E-state index is -3.28. The Bertz CT molecular complexity index is 1140. The fourth-order valence-corrected chi connectivity index (χ4v) is 28.3. The number of halogens is 2. The van der Waals surface area contributed by atoms with E-state index in [1.165, 1.54) is 8.79 Å². The molecule has 33 heavy (non-hydrogen) atoms. The van der Waals surface area contributed by atoms with Gasteiger partial charge in [-0.3, -0.25) is 0 Å². The molecule has 7 heteroatoms. The molecule has 0 fully saturated rings. The normalized spacial score (nSPS) is 11.2. The van der Waals surface area contributed by atoms with Crippen molar-refractivity contribution in [3.05, 3.63) is 130 Å². The van der Waals surface area contributed by atoms with Gasteiger partial charge in [0.15, 0.2) is 0 Å². The van der Waals surface area contributed by atoms with Crippen molar-refractivity contribution in [1.29, 1.82) is 0 Å². The van der Waals surface area contributed by atoms with Gasteiger partial charge in [0.2, 0.25) is 0 Å². The van der Waals surface area contributed by atoms with E-state index in [2.05, 4.69) is 48.5 Å². The molecular weight excluding hydrogens is 584 g/mol. The molecule has 0 unspecified atom stereocenters. The Kier molecular flexibility index (Phi) is 8.74. The Hall–Kier alpha value is -1.12. The van der Waals surface area contributed by atoms with Crippen molar-refractivity contribution in [1.82, 2.24) is 0 Å². The molecule has 4 aromatic carbocycles.